The number of aryl methyl sites for hydroxylation is 1. The number of halogens is 2. The molecular formula is C20H16ClIN2O2. The Bertz CT molecular complexity index is 1010. The summed E-state index contributed by atoms with van der Waals surface area (Å²) < 4.78 is 3.34. The molecule has 0 amide bonds. The van der Waals surface area contributed by atoms with Gasteiger partial charge in [-0.1, -0.05) is 11.6 Å². The molecule has 0 saturated carbocycles. The van der Waals surface area contributed by atoms with Gasteiger partial charge in [0.05, 0.1) is 16.3 Å². The Hall–Kier alpha value is -2.12. The van der Waals surface area contributed by atoms with Crippen molar-refractivity contribution in [3.63, 3.8) is 0 Å². The molecule has 26 heavy (non-hydrogen) atoms. The average Bonchev–Trinajstić information content (AvgIpc) is 2.89. The summed E-state index contributed by atoms with van der Waals surface area (Å²) in [5.74, 6) is -1.00. The van der Waals surface area contributed by atoms with Crippen LogP contribution in [0.3, 0.4) is 0 Å². The second-order valence-corrected chi connectivity index (χ2v) is 7.52. The predicted octanol–water partition coefficient (Wildman–Crippen LogP) is 5.80. The molecule has 1 heterocycles. The predicted molar refractivity (Wildman–Crippen MR) is 114 cm³/mol. The van der Waals surface area contributed by atoms with Crippen molar-refractivity contribution in [3.8, 4) is 5.69 Å². The van der Waals surface area contributed by atoms with E-state index in [-0.39, 0.29) is 5.56 Å². The molecule has 0 saturated heterocycles. The number of aromatic nitrogens is 1. The average molecular weight is 479 g/mol. The van der Waals surface area contributed by atoms with E-state index in [1.165, 1.54) is 15.7 Å². The van der Waals surface area contributed by atoms with Gasteiger partial charge in [0.15, 0.2) is 0 Å². The van der Waals surface area contributed by atoms with Crippen LogP contribution in [0.25, 0.3) is 5.69 Å². The zero-order valence-electron chi connectivity index (χ0n) is 14.2. The minimum Gasteiger partial charge on any atom is -0.478 e. The van der Waals surface area contributed by atoms with Crippen molar-refractivity contribution >= 4 is 52.1 Å². The number of hydrogen-bond acceptors (Lipinski definition) is 2. The van der Waals surface area contributed by atoms with Crippen LogP contribution in [0.5, 0.6) is 0 Å². The van der Waals surface area contributed by atoms with E-state index in [0.717, 1.165) is 22.6 Å². The van der Waals surface area contributed by atoms with Gasteiger partial charge in [0.1, 0.15) is 0 Å². The number of hydrogen-bond donors (Lipinski definition) is 1. The molecule has 1 aromatic heterocycles. The largest absolute Gasteiger partial charge is 0.478 e. The van der Waals surface area contributed by atoms with Crippen LogP contribution in [0.1, 0.15) is 27.3 Å². The van der Waals surface area contributed by atoms with Crippen LogP contribution >= 0.6 is 34.2 Å². The molecule has 0 unspecified atom stereocenters. The van der Waals surface area contributed by atoms with E-state index in [1.54, 1.807) is 12.3 Å². The van der Waals surface area contributed by atoms with Crippen molar-refractivity contribution in [2.75, 3.05) is 0 Å². The van der Waals surface area contributed by atoms with Crippen LogP contribution in [0, 0.1) is 17.4 Å². The Balaban J connectivity index is 1.98. The number of aromatic carboxylic acids is 1. The van der Waals surface area contributed by atoms with E-state index in [2.05, 4.69) is 56.4 Å². The molecule has 4 nitrogen and oxygen atoms in total. The molecule has 3 aromatic rings. The highest BCUT2D eigenvalue weighted by atomic mass is 127. The summed E-state index contributed by atoms with van der Waals surface area (Å²) in [5.41, 5.74) is 4.79. The van der Waals surface area contributed by atoms with Crippen molar-refractivity contribution in [2.45, 2.75) is 13.8 Å². The van der Waals surface area contributed by atoms with Gasteiger partial charge in [-0.25, -0.2) is 4.79 Å². The van der Waals surface area contributed by atoms with Crippen LogP contribution in [0.2, 0.25) is 5.02 Å². The Morgan fingerprint density at radius 1 is 1.15 bits per heavy atom. The van der Waals surface area contributed by atoms with Gasteiger partial charge >= 0.3 is 5.97 Å². The SMILES string of the molecule is Cc1cc(C=Nc2cc(C(=O)O)ccc2Cl)c(C)n1-c1ccc(I)cc1. The summed E-state index contributed by atoms with van der Waals surface area (Å²) in [6.45, 7) is 4.07. The summed E-state index contributed by atoms with van der Waals surface area (Å²) in [6.07, 6.45) is 1.72. The van der Waals surface area contributed by atoms with Crippen LogP contribution in [0.15, 0.2) is 53.5 Å². The number of carboxylic acids is 1. The Morgan fingerprint density at radius 2 is 1.85 bits per heavy atom. The lowest BCUT2D eigenvalue weighted by Crippen LogP contribution is -1.99. The lowest BCUT2D eigenvalue weighted by molar-refractivity contribution is 0.0697. The Labute approximate surface area is 170 Å². The van der Waals surface area contributed by atoms with Gasteiger partial charge < -0.3 is 9.67 Å². The van der Waals surface area contributed by atoms with Gasteiger partial charge in [0.2, 0.25) is 0 Å². The summed E-state index contributed by atoms with van der Waals surface area (Å²) in [7, 11) is 0. The van der Waals surface area contributed by atoms with Crippen molar-refractivity contribution < 1.29 is 9.90 Å². The lowest BCUT2D eigenvalue weighted by Gasteiger charge is -2.09. The fourth-order valence-electron chi connectivity index (χ4n) is 2.79. The molecule has 0 fully saturated rings. The third kappa shape index (κ3) is 3.83. The molecule has 0 bridgehead atoms. The van der Waals surface area contributed by atoms with Crippen molar-refractivity contribution in [1.29, 1.82) is 0 Å². The van der Waals surface area contributed by atoms with E-state index >= 15 is 0 Å². The maximum absolute atomic E-state index is 11.1. The number of rotatable bonds is 4. The second kappa shape index (κ2) is 7.63. The van der Waals surface area contributed by atoms with E-state index in [0.29, 0.717) is 10.7 Å². The lowest BCUT2D eigenvalue weighted by atomic mass is 10.2. The third-order valence-electron chi connectivity index (χ3n) is 4.09. The highest BCUT2D eigenvalue weighted by Crippen LogP contribution is 2.27. The molecule has 0 aliphatic carbocycles. The standard InChI is InChI=1S/C20H16ClIN2O2/c1-12-9-15(13(2)24(12)17-6-4-16(22)5-7-17)11-23-19-10-14(20(25)26)3-8-18(19)21/h3-11H,1-2H3,(H,25,26). The molecule has 6 heteroatoms. The van der Waals surface area contributed by atoms with Gasteiger partial charge in [-0.15, -0.1) is 0 Å². The van der Waals surface area contributed by atoms with Gasteiger partial charge in [-0.3, -0.25) is 4.99 Å². The molecule has 3 rings (SSSR count). The number of nitrogens with zero attached hydrogens (tertiary/aromatic N) is 2. The maximum atomic E-state index is 11.1. The minimum atomic E-state index is -1.00. The van der Waals surface area contributed by atoms with E-state index in [9.17, 15) is 4.79 Å². The number of carbonyl (C=O) groups is 1. The molecule has 0 aliphatic heterocycles. The second-order valence-electron chi connectivity index (χ2n) is 5.87. The molecule has 0 atom stereocenters. The first-order valence-corrected chi connectivity index (χ1v) is 9.34. The molecule has 0 radical (unpaired) electrons. The molecule has 0 spiro atoms. The first-order chi connectivity index (χ1) is 12.4. The molecule has 1 N–H and O–H groups in total. The van der Waals surface area contributed by atoms with Crippen molar-refractivity contribution in [1.82, 2.24) is 4.57 Å². The van der Waals surface area contributed by atoms with Crippen molar-refractivity contribution in [3.05, 3.63) is 79.6 Å². The monoisotopic (exact) mass is 478 g/mol. The molecule has 2 aromatic carbocycles. The van der Waals surface area contributed by atoms with E-state index < -0.39 is 5.97 Å². The van der Waals surface area contributed by atoms with Crippen LogP contribution < -0.4 is 0 Å². The highest BCUT2D eigenvalue weighted by molar-refractivity contribution is 14.1. The molecular weight excluding hydrogens is 463 g/mol. The highest BCUT2D eigenvalue weighted by Gasteiger charge is 2.10. The number of aliphatic imine (C=N–C) groups is 1. The third-order valence-corrected chi connectivity index (χ3v) is 5.13. The summed E-state index contributed by atoms with van der Waals surface area (Å²) >= 11 is 8.43. The van der Waals surface area contributed by atoms with Gasteiger partial charge in [0.25, 0.3) is 0 Å². The van der Waals surface area contributed by atoms with Gasteiger partial charge in [-0.2, -0.15) is 0 Å². The summed E-state index contributed by atoms with van der Waals surface area (Å²) in [5, 5.41) is 9.53. The van der Waals surface area contributed by atoms with Gasteiger partial charge in [0, 0.05) is 32.4 Å². The fourth-order valence-corrected chi connectivity index (χ4v) is 3.32. The molecule has 132 valence electrons. The summed E-state index contributed by atoms with van der Waals surface area (Å²) in [4.78, 5) is 15.5. The smallest absolute Gasteiger partial charge is 0.335 e. The number of benzene rings is 2. The van der Waals surface area contributed by atoms with Gasteiger partial charge in [-0.05, 0) is 85.0 Å². The topological polar surface area (TPSA) is 54.6 Å². The minimum absolute atomic E-state index is 0.158. The number of carboxylic acid groups (broad SMARTS) is 1. The molecule has 0 aliphatic rings. The van der Waals surface area contributed by atoms with Crippen LogP contribution in [-0.2, 0) is 0 Å². The van der Waals surface area contributed by atoms with E-state index in [4.69, 9.17) is 16.7 Å². The quantitative estimate of drug-likeness (QED) is 0.380. The zero-order chi connectivity index (χ0) is 18.8. The van der Waals surface area contributed by atoms with Crippen molar-refractivity contribution in [2.24, 2.45) is 4.99 Å². The van der Waals surface area contributed by atoms with Crippen LogP contribution in [0.4, 0.5) is 5.69 Å². The summed E-state index contributed by atoms with van der Waals surface area (Å²) in [6, 6.07) is 14.8. The van der Waals surface area contributed by atoms with Crippen LogP contribution in [-0.4, -0.2) is 21.9 Å². The fraction of sp³-hybridized carbons (Fsp3) is 0.100. The Morgan fingerprint density at radius 3 is 2.50 bits per heavy atom. The first kappa shape index (κ1) is 18.7. The first-order valence-electron chi connectivity index (χ1n) is 7.88. The normalized spacial score (nSPS) is 11.2. The maximum Gasteiger partial charge on any atom is 0.335 e. The Kier molecular flexibility index (Phi) is 5.48. The zero-order valence-corrected chi connectivity index (χ0v) is 17.1. The van der Waals surface area contributed by atoms with E-state index in [1.807, 2.05) is 19.9 Å².